The molecule has 8 heteroatoms. The van der Waals surface area contributed by atoms with Crippen LogP contribution in [0.1, 0.15) is 6.42 Å². The van der Waals surface area contributed by atoms with Crippen LogP contribution in [-0.2, 0) is 19.2 Å². The minimum absolute atomic E-state index is 0.307. The molecule has 0 bridgehead atoms. The van der Waals surface area contributed by atoms with E-state index < -0.39 is 0 Å². The van der Waals surface area contributed by atoms with Crippen molar-refractivity contribution >= 4 is 25.6 Å². The van der Waals surface area contributed by atoms with Crippen LogP contribution in [0.4, 0.5) is 0 Å². The monoisotopic (exact) mass is 268 g/mol. The van der Waals surface area contributed by atoms with Gasteiger partial charge in [-0.05, 0) is 6.42 Å². The van der Waals surface area contributed by atoms with Crippen LogP contribution in [0.2, 0.25) is 0 Å². The Hall–Kier alpha value is -2.12. The molecule has 0 atom stereocenters. The average molecular weight is 268 g/mol. The Balaban J connectivity index is 3.75. The molecule has 19 heavy (non-hydrogen) atoms. The fraction of sp³-hybridized carbons (Fsp3) is 0.636. The number of hydrogen-bond acceptors (Lipinski definition) is 4. The molecule has 0 aliphatic rings. The molecule has 0 aromatic rings. The van der Waals surface area contributed by atoms with E-state index in [1.165, 1.54) is 22.6 Å². The van der Waals surface area contributed by atoms with Crippen molar-refractivity contribution in [3.63, 3.8) is 0 Å². The molecular weight excluding hydrogens is 252 g/mol. The molecule has 0 spiro atoms. The van der Waals surface area contributed by atoms with Gasteiger partial charge < -0.3 is 20.4 Å². The van der Waals surface area contributed by atoms with Crippen LogP contribution in [-0.4, -0.2) is 74.7 Å². The maximum absolute atomic E-state index is 10.6. The third kappa shape index (κ3) is 9.57. The van der Waals surface area contributed by atoms with Crippen molar-refractivity contribution in [1.82, 2.24) is 20.4 Å². The molecule has 0 aromatic heterocycles. The van der Waals surface area contributed by atoms with Gasteiger partial charge in [0.2, 0.25) is 0 Å². The van der Waals surface area contributed by atoms with Gasteiger partial charge in [-0.3, -0.25) is 19.2 Å². The predicted molar refractivity (Wildman–Crippen MR) is 66.5 cm³/mol. The second-order valence-corrected chi connectivity index (χ2v) is 3.57. The first kappa shape index (κ1) is 16.9. The summed E-state index contributed by atoms with van der Waals surface area (Å²) in [5.74, 6) is 0. The van der Waals surface area contributed by atoms with Gasteiger partial charge in [-0.25, -0.2) is 0 Å². The Morgan fingerprint density at radius 1 is 0.684 bits per heavy atom. The van der Waals surface area contributed by atoms with E-state index in [0.29, 0.717) is 45.7 Å². The average Bonchev–Trinajstić information content (AvgIpc) is 2.44. The highest BCUT2D eigenvalue weighted by atomic mass is 16.1. The van der Waals surface area contributed by atoms with Crippen molar-refractivity contribution in [3.8, 4) is 0 Å². The summed E-state index contributed by atoms with van der Waals surface area (Å²) in [7, 11) is 0. The van der Waals surface area contributed by atoms with Gasteiger partial charge >= 0.3 is 25.6 Å². The zero-order valence-corrected chi connectivity index (χ0v) is 10.5. The summed E-state index contributed by atoms with van der Waals surface area (Å²) in [5.41, 5.74) is 0. The van der Waals surface area contributed by atoms with E-state index in [2.05, 4.69) is 10.6 Å². The van der Waals surface area contributed by atoms with E-state index in [4.69, 9.17) is 0 Å². The van der Waals surface area contributed by atoms with E-state index in [1.54, 1.807) is 12.8 Å². The van der Waals surface area contributed by atoms with Crippen LogP contribution < -0.4 is 10.6 Å². The van der Waals surface area contributed by atoms with Crippen LogP contribution in [0.5, 0.6) is 0 Å². The first-order chi connectivity index (χ1) is 9.28. The second kappa shape index (κ2) is 12.3. The van der Waals surface area contributed by atoms with Gasteiger partial charge in [0.15, 0.2) is 0 Å². The fourth-order valence-electron chi connectivity index (χ4n) is 1.34. The van der Waals surface area contributed by atoms with E-state index in [0.717, 1.165) is 0 Å². The first-order valence-electron chi connectivity index (χ1n) is 5.74. The van der Waals surface area contributed by atoms with E-state index >= 15 is 0 Å². The van der Waals surface area contributed by atoms with Gasteiger partial charge in [-0.15, -0.1) is 0 Å². The van der Waals surface area contributed by atoms with Crippen molar-refractivity contribution < 1.29 is 19.2 Å². The smallest absolute Gasteiger partial charge is 0.312 e. The van der Waals surface area contributed by atoms with Crippen molar-refractivity contribution in [1.29, 1.82) is 0 Å². The number of nitrogens with one attached hydrogen (secondary N) is 2. The maximum Gasteiger partial charge on any atom is 0.312 e. The molecule has 4 amide bonds. The van der Waals surface area contributed by atoms with Crippen molar-refractivity contribution in [2.24, 2.45) is 0 Å². The van der Waals surface area contributed by atoms with Crippen molar-refractivity contribution in [2.75, 3.05) is 39.3 Å². The summed E-state index contributed by atoms with van der Waals surface area (Å²) in [6.07, 6.45) is 7.04. The van der Waals surface area contributed by atoms with Crippen LogP contribution >= 0.6 is 0 Å². The largest absolute Gasteiger partial charge is 0.346 e. The van der Waals surface area contributed by atoms with Crippen LogP contribution in [0.3, 0.4) is 0 Å². The molecule has 2 N–H and O–H groups in total. The van der Waals surface area contributed by atoms with E-state index in [9.17, 15) is 19.2 Å². The van der Waals surface area contributed by atoms with Gasteiger partial charge in [0, 0.05) is 39.3 Å². The lowest BCUT2D eigenvalue weighted by Crippen LogP contribution is -2.35. The first-order valence-corrected chi connectivity index (χ1v) is 5.74. The van der Waals surface area contributed by atoms with Crippen molar-refractivity contribution in [3.05, 3.63) is 0 Å². The highest BCUT2D eigenvalue weighted by molar-refractivity contribution is 5.50. The van der Waals surface area contributed by atoms with E-state index in [-0.39, 0.29) is 0 Å². The Kier molecular flexibility index (Phi) is 11.0. The molecule has 0 heterocycles. The zero-order chi connectivity index (χ0) is 14.3. The molecule has 4 radical (unpaired) electrons. The summed E-state index contributed by atoms with van der Waals surface area (Å²) in [6.45, 7) is 2.12. The molecule has 0 aromatic carbocycles. The maximum atomic E-state index is 10.6. The fourth-order valence-corrected chi connectivity index (χ4v) is 1.34. The number of hydrogen-bond donors (Lipinski definition) is 2. The summed E-state index contributed by atoms with van der Waals surface area (Å²) in [6, 6.07) is 0. The lowest BCUT2D eigenvalue weighted by Gasteiger charge is -2.19. The quantitative estimate of drug-likeness (QED) is 0.267. The lowest BCUT2D eigenvalue weighted by molar-refractivity contribution is 0.331. The molecule has 8 nitrogen and oxygen atoms in total. The lowest BCUT2D eigenvalue weighted by atomic mass is 10.3. The molecule has 0 aliphatic heterocycles. The summed E-state index contributed by atoms with van der Waals surface area (Å²) in [4.78, 5) is 43.7. The Bertz CT molecular complexity index is 249. The van der Waals surface area contributed by atoms with Gasteiger partial charge in [0.05, 0.1) is 0 Å². The molecular formula is C11H16N4O4. The van der Waals surface area contributed by atoms with E-state index in [1.807, 2.05) is 0 Å². The third-order valence-corrected chi connectivity index (χ3v) is 2.27. The number of amides is 4. The third-order valence-electron chi connectivity index (χ3n) is 2.27. The van der Waals surface area contributed by atoms with Crippen LogP contribution in [0, 0.1) is 0 Å². The van der Waals surface area contributed by atoms with Gasteiger partial charge in [-0.1, -0.05) is 0 Å². The highest BCUT2D eigenvalue weighted by Gasteiger charge is 2.05. The topological polar surface area (TPSA) is 98.8 Å². The molecule has 104 valence electrons. The molecule has 0 unspecified atom stereocenters. The molecule has 0 aliphatic carbocycles. The zero-order valence-electron chi connectivity index (χ0n) is 10.5. The minimum atomic E-state index is 0.307. The van der Waals surface area contributed by atoms with Gasteiger partial charge in [0.1, 0.15) is 0 Å². The highest BCUT2D eigenvalue weighted by Crippen LogP contribution is 1.91. The summed E-state index contributed by atoms with van der Waals surface area (Å²) in [5, 5.41) is 4.63. The number of carbonyl (C=O) groups excluding carboxylic acids is 4. The van der Waals surface area contributed by atoms with Crippen LogP contribution in [0.25, 0.3) is 0 Å². The second-order valence-electron chi connectivity index (χ2n) is 3.57. The molecule has 0 rings (SSSR count). The Morgan fingerprint density at radius 3 is 1.42 bits per heavy atom. The van der Waals surface area contributed by atoms with Crippen molar-refractivity contribution in [2.45, 2.75) is 6.42 Å². The minimum Gasteiger partial charge on any atom is -0.346 e. The molecule has 0 saturated heterocycles. The van der Waals surface area contributed by atoms with Crippen LogP contribution in [0.15, 0.2) is 0 Å². The van der Waals surface area contributed by atoms with Gasteiger partial charge in [0.25, 0.3) is 0 Å². The van der Waals surface area contributed by atoms with Gasteiger partial charge in [-0.2, -0.15) is 0 Å². The predicted octanol–water partition coefficient (Wildman–Crippen LogP) is -2.57. The summed E-state index contributed by atoms with van der Waals surface area (Å²) < 4.78 is 0. The summed E-state index contributed by atoms with van der Waals surface area (Å²) >= 11 is 0. The standard InChI is InChI=1S/C11H16N4O4/c16-8-12-2-6-14(10-18)4-1-5-15(11-19)7-3-13-9-17/h1-7H2,(H,12,16)(H,13,17). The number of nitrogens with zero attached hydrogens (tertiary/aromatic N) is 2. The Labute approximate surface area is 112 Å². The Morgan fingerprint density at radius 2 is 1.11 bits per heavy atom. The molecule has 0 fully saturated rings. The number of rotatable bonds is 14. The normalized spacial score (nSPS) is 9.26. The molecule has 0 saturated carbocycles. The SMILES string of the molecule is O=[C]NCCN([C]=O)CCCN([C]=O)CCN[C]=O.